The molecule has 0 saturated heterocycles. The molecule has 0 heterocycles. The Morgan fingerprint density at radius 3 is 2.21 bits per heavy atom. The number of non-ortho nitro benzene ring substituents is 1. The van der Waals surface area contributed by atoms with Gasteiger partial charge in [-0.25, -0.2) is 13.8 Å². The summed E-state index contributed by atoms with van der Waals surface area (Å²) in [6, 6.07) is 18.9. The van der Waals surface area contributed by atoms with Gasteiger partial charge in [0.2, 0.25) is 10.0 Å². The first-order valence-electron chi connectivity index (χ1n) is 9.86. The summed E-state index contributed by atoms with van der Waals surface area (Å²) in [5, 5.41) is 14.5. The Bertz CT molecular complexity index is 1270. The number of carbonyl (C=O) groups is 1. The van der Waals surface area contributed by atoms with Gasteiger partial charge in [-0.2, -0.15) is 9.41 Å². The van der Waals surface area contributed by atoms with Gasteiger partial charge in [-0.05, 0) is 54.4 Å². The monoisotopic (exact) mass is 466 g/mol. The van der Waals surface area contributed by atoms with Crippen molar-refractivity contribution in [2.45, 2.75) is 18.4 Å². The van der Waals surface area contributed by atoms with E-state index in [0.717, 1.165) is 11.1 Å². The number of hydrogen-bond donors (Lipinski definition) is 1. The maximum Gasteiger partial charge on any atom is 0.271 e. The number of rotatable bonds is 8. The molecule has 0 aliphatic carbocycles. The zero-order valence-electron chi connectivity index (χ0n) is 18.0. The first kappa shape index (κ1) is 23.8. The van der Waals surface area contributed by atoms with E-state index in [1.807, 2.05) is 6.92 Å². The fourth-order valence-corrected chi connectivity index (χ4v) is 4.06. The molecular formula is C23H22N4O5S. The van der Waals surface area contributed by atoms with Crippen LogP contribution in [0.15, 0.2) is 82.8 Å². The molecule has 0 saturated carbocycles. The van der Waals surface area contributed by atoms with Crippen LogP contribution in [0.4, 0.5) is 5.69 Å². The van der Waals surface area contributed by atoms with Crippen LogP contribution in [0.2, 0.25) is 0 Å². The Morgan fingerprint density at radius 1 is 1.03 bits per heavy atom. The van der Waals surface area contributed by atoms with E-state index < -0.39 is 20.9 Å². The maximum absolute atomic E-state index is 12.7. The summed E-state index contributed by atoms with van der Waals surface area (Å²) in [5.74, 6) is -0.444. The van der Waals surface area contributed by atoms with Crippen molar-refractivity contribution in [3.05, 3.63) is 105 Å². The fourth-order valence-electron chi connectivity index (χ4n) is 2.91. The van der Waals surface area contributed by atoms with Crippen LogP contribution in [0.5, 0.6) is 0 Å². The predicted molar refractivity (Wildman–Crippen MR) is 124 cm³/mol. The molecule has 10 heteroatoms. The molecule has 3 aromatic carbocycles. The molecule has 0 aliphatic heterocycles. The molecule has 3 rings (SSSR count). The van der Waals surface area contributed by atoms with Crippen LogP contribution in [-0.4, -0.2) is 36.8 Å². The van der Waals surface area contributed by atoms with Crippen molar-refractivity contribution in [2.75, 3.05) is 7.05 Å². The number of hydrazone groups is 1. The zero-order chi connectivity index (χ0) is 24.0. The lowest BCUT2D eigenvalue weighted by Crippen LogP contribution is -2.26. The lowest BCUT2D eigenvalue weighted by Gasteiger charge is -2.17. The highest BCUT2D eigenvalue weighted by molar-refractivity contribution is 7.89. The van der Waals surface area contributed by atoms with Crippen LogP contribution in [0.1, 0.15) is 27.0 Å². The average Bonchev–Trinajstić information content (AvgIpc) is 2.80. The van der Waals surface area contributed by atoms with Gasteiger partial charge in [0.25, 0.3) is 11.6 Å². The molecule has 0 bridgehead atoms. The normalized spacial score (nSPS) is 11.6. The van der Waals surface area contributed by atoms with E-state index in [4.69, 9.17) is 0 Å². The summed E-state index contributed by atoms with van der Waals surface area (Å²) in [7, 11) is -2.13. The smallest absolute Gasteiger partial charge is 0.267 e. The van der Waals surface area contributed by atoms with Crippen molar-refractivity contribution in [1.82, 2.24) is 9.73 Å². The second-order valence-corrected chi connectivity index (χ2v) is 9.36. The van der Waals surface area contributed by atoms with Gasteiger partial charge in [-0.1, -0.05) is 29.8 Å². The number of sulfonamides is 1. The first-order chi connectivity index (χ1) is 15.7. The van der Waals surface area contributed by atoms with Gasteiger partial charge in [0.05, 0.1) is 16.0 Å². The lowest BCUT2D eigenvalue weighted by atomic mass is 10.1. The third-order valence-corrected chi connectivity index (χ3v) is 6.65. The maximum atomic E-state index is 12.7. The van der Waals surface area contributed by atoms with Gasteiger partial charge in [0, 0.05) is 31.3 Å². The Kier molecular flexibility index (Phi) is 7.31. The number of nitro groups is 1. The van der Waals surface area contributed by atoms with Crippen LogP contribution >= 0.6 is 0 Å². The third kappa shape index (κ3) is 6.09. The van der Waals surface area contributed by atoms with E-state index in [1.165, 1.54) is 41.8 Å². The van der Waals surface area contributed by atoms with Crippen molar-refractivity contribution < 1.29 is 18.1 Å². The number of hydrogen-bond acceptors (Lipinski definition) is 6. The Balaban J connectivity index is 1.59. The standard InChI is InChI=1S/C23H22N4O5S/c1-17-3-13-22(14-4-17)33(31,32)26(2)16-19-5-9-20(10-6-19)23(28)25-24-15-18-7-11-21(12-8-18)27(29)30/h3-15H,16H2,1-2H3,(H,25,28)/b24-15+. The van der Waals surface area contributed by atoms with Gasteiger partial charge in [-0.15, -0.1) is 0 Å². The zero-order valence-corrected chi connectivity index (χ0v) is 18.8. The minimum absolute atomic E-state index is 0.0337. The van der Waals surface area contributed by atoms with Crippen molar-refractivity contribution >= 4 is 27.8 Å². The van der Waals surface area contributed by atoms with Crippen LogP contribution in [0.25, 0.3) is 0 Å². The van der Waals surface area contributed by atoms with Gasteiger partial charge in [0.1, 0.15) is 0 Å². The van der Waals surface area contributed by atoms with Crippen molar-refractivity contribution in [1.29, 1.82) is 0 Å². The predicted octanol–water partition coefficient (Wildman–Crippen LogP) is 3.49. The molecule has 1 amide bonds. The van der Waals surface area contributed by atoms with Crippen LogP contribution in [0, 0.1) is 17.0 Å². The highest BCUT2D eigenvalue weighted by atomic mass is 32.2. The molecule has 33 heavy (non-hydrogen) atoms. The summed E-state index contributed by atoms with van der Waals surface area (Å²) in [5.41, 5.74) is 4.99. The van der Waals surface area contributed by atoms with Crippen molar-refractivity contribution in [2.24, 2.45) is 5.10 Å². The Morgan fingerprint density at radius 2 is 1.64 bits per heavy atom. The van der Waals surface area contributed by atoms with Crippen molar-refractivity contribution in [3.8, 4) is 0 Å². The number of carbonyl (C=O) groups excluding carboxylic acids is 1. The SMILES string of the molecule is Cc1ccc(S(=O)(=O)N(C)Cc2ccc(C(=O)N/N=C/c3ccc([N+](=O)[O-])cc3)cc2)cc1. The van der Waals surface area contributed by atoms with Crippen LogP contribution in [0.3, 0.4) is 0 Å². The van der Waals surface area contributed by atoms with Gasteiger partial charge < -0.3 is 0 Å². The molecule has 9 nitrogen and oxygen atoms in total. The van der Waals surface area contributed by atoms with E-state index in [2.05, 4.69) is 10.5 Å². The topological polar surface area (TPSA) is 122 Å². The largest absolute Gasteiger partial charge is 0.271 e. The van der Waals surface area contributed by atoms with Gasteiger partial charge >= 0.3 is 0 Å². The van der Waals surface area contributed by atoms with Crippen LogP contribution in [-0.2, 0) is 16.6 Å². The molecule has 0 aromatic heterocycles. The number of nitrogens with one attached hydrogen (secondary N) is 1. The minimum atomic E-state index is -3.63. The summed E-state index contributed by atoms with van der Waals surface area (Å²) in [6.45, 7) is 2.04. The molecule has 1 N–H and O–H groups in total. The molecule has 170 valence electrons. The van der Waals surface area contributed by atoms with Gasteiger partial charge in [-0.3, -0.25) is 14.9 Å². The molecule has 0 spiro atoms. The number of amides is 1. The van der Waals surface area contributed by atoms with Gasteiger partial charge in [0.15, 0.2) is 0 Å². The fraction of sp³-hybridized carbons (Fsp3) is 0.130. The molecule has 0 atom stereocenters. The number of nitro benzene ring substituents is 1. The number of nitrogens with zero attached hydrogens (tertiary/aromatic N) is 3. The molecule has 0 fully saturated rings. The van der Waals surface area contributed by atoms with E-state index in [9.17, 15) is 23.3 Å². The molecule has 0 unspecified atom stereocenters. The summed E-state index contributed by atoms with van der Waals surface area (Å²) in [6.07, 6.45) is 1.38. The average molecular weight is 467 g/mol. The Hall–Kier alpha value is -3.89. The summed E-state index contributed by atoms with van der Waals surface area (Å²) < 4.78 is 26.7. The first-order valence-corrected chi connectivity index (χ1v) is 11.3. The minimum Gasteiger partial charge on any atom is -0.267 e. The molecule has 3 aromatic rings. The second-order valence-electron chi connectivity index (χ2n) is 7.32. The third-order valence-electron chi connectivity index (χ3n) is 4.83. The number of aryl methyl sites for hydroxylation is 1. The van der Waals surface area contributed by atoms with E-state index in [-0.39, 0.29) is 17.1 Å². The molecular weight excluding hydrogens is 444 g/mol. The van der Waals surface area contributed by atoms with Crippen LogP contribution < -0.4 is 5.43 Å². The van der Waals surface area contributed by atoms with Crippen molar-refractivity contribution in [3.63, 3.8) is 0 Å². The summed E-state index contributed by atoms with van der Waals surface area (Å²) in [4.78, 5) is 22.6. The van der Waals surface area contributed by atoms with E-state index in [1.54, 1.807) is 48.5 Å². The quantitative estimate of drug-likeness (QED) is 0.309. The highest BCUT2D eigenvalue weighted by Gasteiger charge is 2.20. The van der Waals surface area contributed by atoms with E-state index in [0.29, 0.717) is 11.1 Å². The highest BCUT2D eigenvalue weighted by Crippen LogP contribution is 2.18. The summed E-state index contributed by atoms with van der Waals surface area (Å²) >= 11 is 0. The molecule has 0 radical (unpaired) electrons. The molecule has 0 aliphatic rings. The lowest BCUT2D eigenvalue weighted by molar-refractivity contribution is -0.384. The number of benzene rings is 3. The Labute approximate surface area is 191 Å². The van der Waals surface area contributed by atoms with E-state index >= 15 is 0 Å². The second kappa shape index (κ2) is 10.2.